The van der Waals surface area contributed by atoms with E-state index in [4.69, 9.17) is 0 Å². The molecule has 3 amide bonds. The van der Waals surface area contributed by atoms with E-state index < -0.39 is 5.54 Å². The molecule has 2 aromatic rings. The Balaban J connectivity index is 1.61. The number of aromatic nitrogens is 2. The number of aryl methyl sites for hydroxylation is 1. The van der Waals surface area contributed by atoms with E-state index in [1.165, 1.54) is 10.7 Å². The van der Waals surface area contributed by atoms with E-state index in [2.05, 4.69) is 22.7 Å². The Labute approximate surface area is 201 Å². The fourth-order valence-electron chi connectivity index (χ4n) is 4.90. The second-order valence-corrected chi connectivity index (χ2v) is 9.81. The van der Waals surface area contributed by atoms with Gasteiger partial charge in [-0.25, -0.2) is 0 Å². The van der Waals surface area contributed by atoms with Gasteiger partial charge in [-0.05, 0) is 57.2 Å². The Hall–Kier alpha value is -3.16. The smallest absolute Gasteiger partial charge is 0.276 e. The SMILES string of the molecule is CCCCN1C(=O)c2cc(C(=O)Nc3cccc(C)c3C)nn2C[C@@]1(C)C(=O)NC1CCCC1. The predicted octanol–water partition coefficient (Wildman–Crippen LogP) is 3.83. The maximum absolute atomic E-state index is 13.5. The summed E-state index contributed by atoms with van der Waals surface area (Å²) in [7, 11) is 0. The molecule has 8 heteroatoms. The van der Waals surface area contributed by atoms with Gasteiger partial charge in [0.2, 0.25) is 5.91 Å². The van der Waals surface area contributed by atoms with Crippen LogP contribution in [0.15, 0.2) is 24.3 Å². The van der Waals surface area contributed by atoms with Crippen LogP contribution in [0.4, 0.5) is 5.69 Å². The van der Waals surface area contributed by atoms with Crippen molar-refractivity contribution in [2.24, 2.45) is 0 Å². The number of amides is 3. The molecule has 8 nitrogen and oxygen atoms in total. The first-order valence-electron chi connectivity index (χ1n) is 12.3. The number of carbonyl (C=O) groups excluding carboxylic acids is 3. The van der Waals surface area contributed by atoms with E-state index in [0.29, 0.717) is 17.9 Å². The van der Waals surface area contributed by atoms with Gasteiger partial charge in [0.15, 0.2) is 5.69 Å². The van der Waals surface area contributed by atoms with Gasteiger partial charge >= 0.3 is 0 Å². The maximum Gasteiger partial charge on any atom is 0.276 e. The monoisotopic (exact) mass is 465 g/mol. The molecular weight excluding hydrogens is 430 g/mol. The minimum absolute atomic E-state index is 0.147. The number of anilines is 1. The molecule has 1 atom stereocenters. The van der Waals surface area contributed by atoms with Gasteiger partial charge in [-0.1, -0.05) is 38.3 Å². The Morgan fingerprint density at radius 2 is 1.94 bits per heavy atom. The van der Waals surface area contributed by atoms with Crippen LogP contribution in [0.1, 0.15) is 84.5 Å². The van der Waals surface area contributed by atoms with E-state index in [0.717, 1.165) is 49.7 Å². The molecule has 2 aliphatic rings. The largest absolute Gasteiger partial charge is 0.351 e. The van der Waals surface area contributed by atoms with Gasteiger partial charge in [0.05, 0.1) is 6.54 Å². The molecule has 0 spiro atoms. The molecule has 34 heavy (non-hydrogen) atoms. The molecule has 4 rings (SSSR count). The van der Waals surface area contributed by atoms with Crippen LogP contribution in [0.25, 0.3) is 0 Å². The highest BCUT2D eigenvalue weighted by Crippen LogP contribution is 2.29. The highest BCUT2D eigenvalue weighted by atomic mass is 16.2. The summed E-state index contributed by atoms with van der Waals surface area (Å²) in [6.07, 6.45) is 5.88. The van der Waals surface area contributed by atoms with Crippen molar-refractivity contribution in [2.45, 2.75) is 84.3 Å². The molecule has 1 saturated carbocycles. The van der Waals surface area contributed by atoms with E-state index in [9.17, 15) is 14.4 Å². The van der Waals surface area contributed by atoms with Crippen LogP contribution in [-0.2, 0) is 11.3 Å². The number of nitrogens with one attached hydrogen (secondary N) is 2. The third-order valence-electron chi connectivity index (χ3n) is 7.30. The summed E-state index contributed by atoms with van der Waals surface area (Å²) in [4.78, 5) is 41.6. The fourth-order valence-corrected chi connectivity index (χ4v) is 4.90. The van der Waals surface area contributed by atoms with Gasteiger partial charge in [0.1, 0.15) is 11.2 Å². The van der Waals surface area contributed by atoms with Crippen molar-refractivity contribution in [3.05, 3.63) is 46.8 Å². The van der Waals surface area contributed by atoms with Crippen molar-refractivity contribution in [2.75, 3.05) is 11.9 Å². The van der Waals surface area contributed by atoms with Crippen LogP contribution in [0.5, 0.6) is 0 Å². The molecule has 0 unspecified atom stereocenters. The highest BCUT2D eigenvalue weighted by Gasteiger charge is 2.48. The fraction of sp³-hybridized carbons (Fsp3) is 0.538. The van der Waals surface area contributed by atoms with Gasteiger partial charge in [-0.15, -0.1) is 0 Å². The van der Waals surface area contributed by atoms with Crippen LogP contribution in [0.2, 0.25) is 0 Å². The van der Waals surface area contributed by atoms with Crippen molar-refractivity contribution in [1.82, 2.24) is 20.0 Å². The zero-order valence-electron chi connectivity index (χ0n) is 20.6. The summed E-state index contributed by atoms with van der Waals surface area (Å²) in [5.41, 5.74) is 2.22. The van der Waals surface area contributed by atoms with Crippen molar-refractivity contribution in [1.29, 1.82) is 0 Å². The Morgan fingerprint density at radius 1 is 1.21 bits per heavy atom. The second-order valence-electron chi connectivity index (χ2n) is 9.81. The topological polar surface area (TPSA) is 96.3 Å². The molecular formula is C26H35N5O3. The first-order valence-corrected chi connectivity index (χ1v) is 12.3. The van der Waals surface area contributed by atoms with E-state index in [1.807, 2.05) is 39.0 Å². The van der Waals surface area contributed by atoms with Crippen LogP contribution < -0.4 is 10.6 Å². The molecule has 1 aromatic carbocycles. The summed E-state index contributed by atoms with van der Waals surface area (Å²) < 4.78 is 1.52. The lowest BCUT2D eigenvalue weighted by atomic mass is 9.94. The molecule has 1 aliphatic heterocycles. The lowest BCUT2D eigenvalue weighted by Gasteiger charge is -2.43. The van der Waals surface area contributed by atoms with Crippen molar-refractivity contribution in [3.8, 4) is 0 Å². The summed E-state index contributed by atoms with van der Waals surface area (Å²) in [6, 6.07) is 7.42. The lowest BCUT2D eigenvalue weighted by Crippen LogP contribution is -2.65. The molecule has 2 N–H and O–H groups in total. The standard InChI is InChI=1S/C26H35N5O3/c1-5-6-14-30-24(33)22-15-21(23(32)28-20-13-9-10-17(2)18(20)3)29-31(22)16-26(30,4)25(34)27-19-11-7-8-12-19/h9-10,13,15,19H,5-8,11-12,14,16H2,1-4H3,(H,27,34)(H,28,32)/t26-/m0/s1. The lowest BCUT2D eigenvalue weighted by molar-refractivity contribution is -0.133. The first kappa shape index (κ1) is 24.0. The number of rotatable bonds is 7. The number of unbranched alkanes of at least 4 members (excludes halogenated alkanes) is 1. The maximum atomic E-state index is 13.5. The summed E-state index contributed by atoms with van der Waals surface area (Å²) >= 11 is 0. The summed E-state index contributed by atoms with van der Waals surface area (Å²) in [6.45, 7) is 8.51. The third-order valence-corrected chi connectivity index (χ3v) is 7.30. The average molecular weight is 466 g/mol. The zero-order chi connectivity index (χ0) is 24.5. The summed E-state index contributed by atoms with van der Waals surface area (Å²) in [5.74, 6) is -0.783. The van der Waals surface area contributed by atoms with Crippen molar-refractivity contribution >= 4 is 23.4 Å². The van der Waals surface area contributed by atoms with E-state index in [-0.39, 0.29) is 36.0 Å². The van der Waals surface area contributed by atoms with E-state index >= 15 is 0 Å². The minimum Gasteiger partial charge on any atom is -0.351 e. The second kappa shape index (κ2) is 9.60. The van der Waals surface area contributed by atoms with Crippen molar-refractivity contribution < 1.29 is 14.4 Å². The Morgan fingerprint density at radius 3 is 2.65 bits per heavy atom. The van der Waals surface area contributed by atoms with E-state index in [1.54, 1.807) is 4.90 Å². The minimum atomic E-state index is -1.06. The predicted molar refractivity (Wildman–Crippen MR) is 131 cm³/mol. The van der Waals surface area contributed by atoms with Gasteiger partial charge in [-0.3, -0.25) is 19.1 Å². The van der Waals surface area contributed by atoms with Crippen LogP contribution in [0.3, 0.4) is 0 Å². The molecule has 1 aromatic heterocycles. The van der Waals surface area contributed by atoms with Gasteiger partial charge in [0.25, 0.3) is 11.8 Å². The molecule has 0 radical (unpaired) electrons. The molecule has 0 saturated heterocycles. The molecule has 1 fully saturated rings. The number of nitrogens with zero attached hydrogens (tertiary/aromatic N) is 3. The molecule has 2 heterocycles. The Bertz CT molecular complexity index is 1100. The highest BCUT2D eigenvalue weighted by molar-refractivity contribution is 6.06. The van der Waals surface area contributed by atoms with Gasteiger partial charge in [-0.2, -0.15) is 5.10 Å². The van der Waals surface area contributed by atoms with Crippen LogP contribution in [0, 0.1) is 13.8 Å². The molecule has 0 bridgehead atoms. The summed E-state index contributed by atoms with van der Waals surface area (Å²) in [5, 5.41) is 10.5. The van der Waals surface area contributed by atoms with Crippen molar-refractivity contribution in [3.63, 3.8) is 0 Å². The van der Waals surface area contributed by atoms with Gasteiger partial charge in [0, 0.05) is 24.3 Å². The normalized spacial score (nSPS) is 20.4. The number of carbonyl (C=O) groups is 3. The number of benzene rings is 1. The first-order chi connectivity index (χ1) is 16.2. The quantitative estimate of drug-likeness (QED) is 0.650. The number of fused-ring (bicyclic) bond motifs is 1. The number of hydrogen-bond donors (Lipinski definition) is 2. The zero-order valence-corrected chi connectivity index (χ0v) is 20.6. The number of hydrogen-bond acceptors (Lipinski definition) is 4. The molecule has 182 valence electrons. The molecule has 1 aliphatic carbocycles. The third kappa shape index (κ3) is 4.45. The van der Waals surface area contributed by atoms with Crippen LogP contribution >= 0.6 is 0 Å². The Kier molecular flexibility index (Phi) is 6.77. The average Bonchev–Trinajstić information content (AvgIpc) is 3.46. The van der Waals surface area contributed by atoms with Gasteiger partial charge < -0.3 is 15.5 Å². The van der Waals surface area contributed by atoms with Crippen LogP contribution in [-0.4, -0.2) is 50.5 Å².